The van der Waals surface area contributed by atoms with Crippen LogP contribution < -0.4 is 4.90 Å². The molecule has 0 N–H and O–H groups in total. The van der Waals surface area contributed by atoms with Gasteiger partial charge in [-0.3, -0.25) is 9.59 Å². The van der Waals surface area contributed by atoms with Crippen molar-refractivity contribution in [3.8, 4) is 6.07 Å². The summed E-state index contributed by atoms with van der Waals surface area (Å²) in [6.45, 7) is 2.16. The normalized spacial score (nSPS) is 26.8. The zero-order valence-corrected chi connectivity index (χ0v) is 13.0. The van der Waals surface area contributed by atoms with Crippen LogP contribution in [-0.4, -0.2) is 36.3 Å². The van der Waals surface area contributed by atoms with Crippen LogP contribution in [0.3, 0.4) is 0 Å². The van der Waals surface area contributed by atoms with Crippen LogP contribution in [0.2, 0.25) is 0 Å². The van der Waals surface area contributed by atoms with Gasteiger partial charge in [0.15, 0.2) is 0 Å². The largest absolute Gasteiger partial charge is 0.342 e. The van der Waals surface area contributed by atoms with Gasteiger partial charge < -0.3 is 9.80 Å². The second-order valence-corrected chi connectivity index (χ2v) is 7.10. The van der Waals surface area contributed by atoms with Gasteiger partial charge >= 0.3 is 0 Å². The molecule has 4 rings (SSSR count). The summed E-state index contributed by atoms with van der Waals surface area (Å²) in [6, 6.07) is 9.24. The predicted molar refractivity (Wildman–Crippen MR) is 84.5 cm³/mol. The molecule has 1 aliphatic carbocycles. The number of hydrogen-bond acceptors (Lipinski definition) is 3. The van der Waals surface area contributed by atoms with Crippen LogP contribution in [0, 0.1) is 22.7 Å². The van der Waals surface area contributed by atoms with Gasteiger partial charge in [-0.2, -0.15) is 5.26 Å². The fourth-order valence-electron chi connectivity index (χ4n) is 3.83. The first-order valence-electron chi connectivity index (χ1n) is 8.20. The van der Waals surface area contributed by atoms with Gasteiger partial charge in [-0.05, 0) is 43.5 Å². The number of nitrogens with zero attached hydrogens (tertiary/aromatic N) is 3. The average Bonchev–Trinajstić information content (AvgIpc) is 3.27. The van der Waals surface area contributed by atoms with Crippen LogP contribution in [0.5, 0.6) is 0 Å². The molecule has 3 aliphatic rings. The zero-order valence-electron chi connectivity index (χ0n) is 13.0. The SMILES string of the molecule is N#Cc1ccc(N2C[C@@]3(CCN(C(=O)C4CC4)C3)CC2=O)cc1. The minimum absolute atomic E-state index is 0.0878. The van der Waals surface area contributed by atoms with Crippen molar-refractivity contribution in [2.24, 2.45) is 11.3 Å². The number of carbonyl (C=O) groups is 2. The van der Waals surface area contributed by atoms with Gasteiger partial charge in [-0.1, -0.05) is 0 Å². The van der Waals surface area contributed by atoms with E-state index in [9.17, 15) is 9.59 Å². The highest BCUT2D eigenvalue weighted by molar-refractivity contribution is 5.96. The predicted octanol–water partition coefficient (Wildman–Crippen LogP) is 1.92. The van der Waals surface area contributed by atoms with Gasteiger partial charge in [0.2, 0.25) is 11.8 Å². The van der Waals surface area contributed by atoms with Gasteiger partial charge in [0.25, 0.3) is 0 Å². The van der Waals surface area contributed by atoms with Crippen LogP contribution in [0.15, 0.2) is 24.3 Å². The van der Waals surface area contributed by atoms with E-state index in [1.54, 1.807) is 12.1 Å². The Morgan fingerprint density at radius 3 is 2.61 bits per heavy atom. The lowest BCUT2D eigenvalue weighted by Gasteiger charge is -2.24. The molecule has 23 heavy (non-hydrogen) atoms. The molecule has 1 spiro atoms. The molecule has 0 unspecified atom stereocenters. The second-order valence-electron chi connectivity index (χ2n) is 7.10. The molecule has 1 saturated carbocycles. The summed E-state index contributed by atoms with van der Waals surface area (Å²) in [7, 11) is 0. The number of hydrogen-bond donors (Lipinski definition) is 0. The van der Waals surface area contributed by atoms with Crippen LogP contribution in [0.4, 0.5) is 5.69 Å². The third-order valence-electron chi connectivity index (χ3n) is 5.31. The molecule has 118 valence electrons. The molecular weight excluding hydrogens is 290 g/mol. The summed E-state index contributed by atoms with van der Waals surface area (Å²) in [5.41, 5.74) is 1.35. The molecule has 2 aliphatic heterocycles. The number of rotatable bonds is 2. The quantitative estimate of drug-likeness (QED) is 0.838. The van der Waals surface area contributed by atoms with Crippen LogP contribution >= 0.6 is 0 Å². The Morgan fingerprint density at radius 1 is 1.22 bits per heavy atom. The van der Waals surface area contributed by atoms with E-state index in [1.807, 2.05) is 21.9 Å². The summed E-state index contributed by atoms with van der Waals surface area (Å²) >= 11 is 0. The Kier molecular flexibility index (Phi) is 3.15. The Hall–Kier alpha value is -2.35. The fraction of sp³-hybridized carbons (Fsp3) is 0.500. The number of nitriles is 1. The molecule has 0 bridgehead atoms. The number of anilines is 1. The molecular formula is C18H19N3O2. The Morgan fingerprint density at radius 2 is 1.96 bits per heavy atom. The van der Waals surface area contributed by atoms with E-state index in [0.29, 0.717) is 25.1 Å². The second kappa shape index (κ2) is 5.09. The van der Waals surface area contributed by atoms with Crippen molar-refractivity contribution in [3.05, 3.63) is 29.8 Å². The van der Waals surface area contributed by atoms with Crippen molar-refractivity contribution in [2.45, 2.75) is 25.7 Å². The maximum absolute atomic E-state index is 12.5. The van der Waals surface area contributed by atoms with Crippen molar-refractivity contribution < 1.29 is 9.59 Å². The van der Waals surface area contributed by atoms with E-state index in [-0.39, 0.29) is 23.1 Å². The maximum Gasteiger partial charge on any atom is 0.227 e. The lowest BCUT2D eigenvalue weighted by molar-refractivity contribution is -0.132. The summed E-state index contributed by atoms with van der Waals surface area (Å²) < 4.78 is 0. The van der Waals surface area contributed by atoms with Gasteiger partial charge in [-0.25, -0.2) is 0 Å². The zero-order chi connectivity index (χ0) is 16.0. The monoisotopic (exact) mass is 309 g/mol. The molecule has 5 heteroatoms. The molecule has 2 amide bonds. The molecule has 3 fully saturated rings. The van der Waals surface area contributed by atoms with E-state index in [0.717, 1.165) is 31.5 Å². The third-order valence-corrected chi connectivity index (χ3v) is 5.31. The Balaban J connectivity index is 1.49. The highest BCUT2D eigenvalue weighted by Crippen LogP contribution is 2.43. The molecule has 0 radical (unpaired) electrons. The summed E-state index contributed by atoms with van der Waals surface area (Å²) in [4.78, 5) is 28.5. The standard InChI is InChI=1S/C18H19N3O2/c19-10-13-1-5-15(6-2-13)21-12-18(9-16(21)22)7-8-20(11-18)17(23)14-3-4-14/h1-2,5-6,14H,3-4,7-9,11-12H2/t18-/m0/s1. The number of likely N-dealkylation sites (tertiary alicyclic amines) is 1. The first kappa shape index (κ1) is 14.3. The molecule has 0 aromatic heterocycles. The first-order chi connectivity index (χ1) is 11.1. The molecule has 2 saturated heterocycles. The van der Waals surface area contributed by atoms with E-state index in [1.165, 1.54) is 0 Å². The van der Waals surface area contributed by atoms with E-state index in [4.69, 9.17) is 5.26 Å². The first-order valence-corrected chi connectivity index (χ1v) is 8.20. The van der Waals surface area contributed by atoms with Crippen molar-refractivity contribution in [3.63, 3.8) is 0 Å². The van der Waals surface area contributed by atoms with Crippen molar-refractivity contribution in [1.29, 1.82) is 5.26 Å². The Labute approximate surface area is 135 Å². The van der Waals surface area contributed by atoms with E-state index >= 15 is 0 Å². The molecule has 2 heterocycles. The van der Waals surface area contributed by atoms with Gasteiger partial charge in [0.05, 0.1) is 11.6 Å². The third kappa shape index (κ3) is 2.48. The van der Waals surface area contributed by atoms with Gasteiger partial charge in [-0.15, -0.1) is 0 Å². The topological polar surface area (TPSA) is 64.4 Å². The highest BCUT2D eigenvalue weighted by atomic mass is 16.2. The lowest BCUT2D eigenvalue weighted by atomic mass is 9.86. The van der Waals surface area contributed by atoms with Crippen molar-refractivity contribution >= 4 is 17.5 Å². The maximum atomic E-state index is 12.5. The summed E-state index contributed by atoms with van der Waals surface area (Å²) in [5, 5.41) is 8.88. The average molecular weight is 309 g/mol. The van der Waals surface area contributed by atoms with E-state index in [2.05, 4.69) is 6.07 Å². The molecule has 5 nitrogen and oxygen atoms in total. The van der Waals surface area contributed by atoms with Gasteiger partial charge in [0, 0.05) is 43.1 Å². The summed E-state index contributed by atoms with van der Waals surface area (Å²) in [5.74, 6) is 0.651. The molecule has 1 aromatic rings. The molecule has 1 atom stereocenters. The minimum atomic E-state index is -0.0878. The number of carbonyl (C=O) groups excluding carboxylic acids is 2. The summed E-state index contributed by atoms with van der Waals surface area (Å²) in [6.07, 6.45) is 3.47. The Bertz CT molecular complexity index is 702. The smallest absolute Gasteiger partial charge is 0.227 e. The van der Waals surface area contributed by atoms with Crippen molar-refractivity contribution in [1.82, 2.24) is 4.90 Å². The van der Waals surface area contributed by atoms with Gasteiger partial charge in [0.1, 0.15) is 0 Å². The molecule has 1 aromatic carbocycles. The van der Waals surface area contributed by atoms with Crippen molar-refractivity contribution in [2.75, 3.05) is 24.5 Å². The number of amides is 2. The number of benzene rings is 1. The van der Waals surface area contributed by atoms with E-state index < -0.39 is 0 Å². The van der Waals surface area contributed by atoms with Crippen LogP contribution in [-0.2, 0) is 9.59 Å². The fourth-order valence-corrected chi connectivity index (χ4v) is 3.83. The highest BCUT2D eigenvalue weighted by Gasteiger charge is 2.50. The van der Waals surface area contributed by atoms with Crippen LogP contribution in [0.25, 0.3) is 0 Å². The minimum Gasteiger partial charge on any atom is -0.342 e. The lowest BCUT2D eigenvalue weighted by Crippen LogP contribution is -2.34. The van der Waals surface area contributed by atoms with Crippen LogP contribution in [0.1, 0.15) is 31.2 Å².